The molecule has 0 aliphatic heterocycles. The van der Waals surface area contributed by atoms with E-state index in [0.29, 0.717) is 17.6 Å². The number of nitrogens with zero attached hydrogens (tertiary/aromatic N) is 5. The van der Waals surface area contributed by atoms with Crippen molar-refractivity contribution in [2.24, 2.45) is 7.05 Å². The Balaban J connectivity index is 2.02. The van der Waals surface area contributed by atoms with E-state index in [-0.39, 0.29) is 5.56 Å². The van der Waals surface area contributed by atoms with E-state index in [2.05, 4.69) is 20.4 Å². The molecule has 0 saturated heterocycles. The quantitative estimate of drug-likeness (QED) is 0.754. The monoisotopic (exact) mass is 270 g/mol. The molecule has 0 radical (unpaired) electrons. The number of aromatic nitrogens is 5. The third-order valence-electron chi connectivity index (χ3n) is 3.11. The van der Waals surface area contributed by atoms with Crippen LogP contribution < -0.4 is 10.9 Å². The molecule has 7 heteroatoms. The number of hydrogen-bond donors (Lipinski definition) is 1. The van der Waals surface area contributed by atoms with Gasteiger partial charge in [0.1, 0.15) is 17.5 Å². The van der Waals surface area contributed by atoms with E-state index in [1.807, 2.05) is 25.2 Å². The largest absolute Gasteiger partial charge is 0.373 e. The van der Waals surface area contributed by atoms with Gasteiger partial charge in [-0.25, -0.2) is 9.97 Å². The van der Waals surface area contributed by atoms with Gasteiger partial charge in [0, 0.05) is 14.1 Å². The third kappa shape index (κ3) is 2.03. The lowest BCUT2D eigenvalue weighted by molar-refractivity contribution is 0.723. The molecule has 0 saturated carbocycles. The maximum Gasteiger partial charge on any atom is 0.264 e. The molecular weight excluding hydrogens is 256 g/mol. The molecule has 0 fully saturated rings. The van der Waals surface area contributed by atoms with Crippen LogP contribution in [0.3, 0.4) is 0 Å². The Bertz CT molecular complexity index is 819. The standard InChI is InChI=1S/C13H14N6O/c1-14-11-5-3-4-9(17-11)7-19-8-15-12-10(13(19)20)6-16-18(12)2/h3-6,8H,7H2,1-2H3,(H,14,17). The fourth-order valence-electron chi connectivity index (χ4n) is 2.06. The van der Waals surface area contributed by atoms with Gasteiger partial charge in [0.25, 0.3) is 5.56 Å². The highest BCUT2D eigenvalue weighted by Gasteiger charge is 2.08. The summed E-state index contributed by atoms with van der Waals surface area (Å²) < 4.78 is 3.12. The summed E-state index contributed by atoms with van der Waals surface area (Å²) in [7, 11) is 3.57. The normalized spacial score (nSPS) is 10.9. The van der Waals surface area contributed by atoms with Crippen molar-refractivity contribution in [3.05, 3.63) is 46.8 Å². The van der Waals surface area contributed by atoms with Crippen molar-refractivity contribution in [1.29, 1.82) is 0 Å². The molecule has 20 heavy (non-hydrogen) atoms. The van der Waals surface area contributed by atoms with Crippen LogP contribution in [0.15, 0.2) is 35.5 Å². The molecule has 0 amide bonds. The molecule has 0 aromatic carbocycles. The minimum Gasteiger partial charge on any atom is -0.373 e. The predicted octanol–water partition coefficient (Wildman–Crippen LogP) is 0.615. The molecule has 1 N–H and O–H groups in total. The summed E-state index contributed by atoms with van der Waals surface area (Å²) in [6.07, 6.45) is 3.07. The van der Waals surface area contributed by atoms with Gasteiger partial charge in [0.2, 0.25) is 0 Å². The second kappa shape index (κ2) is 4.76. The zero-order valence-electron chi connectivity index (χ0n) is 11.2. The molecular formula is C13H14N6O. The Hall–Kier alpha value is -2.70. The summed E-state index contributed by atoms with van der Waals surface area (Å²) in [6.45, 7) is 0.381. The lowest BCUT2D eigenvalue weighted by Gasteiger charge is -2.06. The lowest BCUT2D eigenvalue weighted by Crippen LogP contribution is -2.21. The van der Waals surface area contributed by atoms with Crippen molar-refractivity contribution >= 4 is 16.9 Å². The minimum atomic E-state index is -0.111. The first-order chi connectivity index (χ1) is 9.69. The van der Waals surface area contributed by atoms with Crippen LogP contribution in [0.4, 0.5) is 5.82 Å². The number of anilines is 1. The zero-order chi connectivity index (χ0) is 14.1. The molecule has 3 aromatic heterocycles. The van der Waals surface area contributed by atoms with Crippen molar-refractivity contribution in [2.45, 2.75) is 6.54 Å². The van der Waals surface area contributed by atoms with E-state index in [1.165, 1.54) is 10.9 Å². The first-order valence-electron chi connectivity index (χ1n) is 6.20. The highest BCUT2D eigenvalue weighted by atomic mass is 16.1. The Morgan fingerprint density at radius 3 is 3.00 bits per heavy atom. The van der Waals surface area contributed by atoms with Gasteiger partial charge in [0.05, 0.1) is 18.4 Å². The van der Waals surface area contributed by atoms with Crippen LogP contribution >= 0.6 is 0 Å². The minimum absolute atomic E-state index is 0.111. The molecule has 7 nitrogen and oxygen atoms in total. The van der Waals surface area contributed by atoms with Crippen LogP contribution in [0.2, 0.25) is 0 Å². The van der Waals surface area contributed by atoms with Crippen molar-refractivity contribution in [2.75, 3.05) is 12.4 Å². The molecule has 0 atom stereocenters. The average Bonchev–Trinajstić information content (AvgIpc) is 2.84. The second-order valence-corrected chi connectivity index (χ2v) is 4.45. The van der Waals surface area contributed by atoms with Gasteiger partial charge in [0.15, 0.2) is 5.65 Å². The molecule has 0 bridgehead atoms. The smallest absolute Gasteiger partial charge is 0.264 e. The molecule has 3 heterocycles. The van der Waals surface area contributed by atoms with E-state index in [0.717, 1.165) is 11.5 Å². The molecule has 0 aliphatic rings. The van der Waals surface area contributed by atoms with Gasteiger partial charge in [-0.1, -0.05) is 6.07 Å². The van der Waals surface area contributed by atoms with Crippen molar-refractivity contribution in [3.8, 4) is 0 Å². The van der Waals surface area contributed by atoms with Gasteiger partial charge in [-0.2, -0.15) is 5.10 Å². The van der Waals surface area contributed by atoms with Gasteiger partial charge in [-0.15, -0.1) is 0 Å². The number of nitrogens with one attached hydrogen (secondary N) is 1. The first-order valence-corrected chi connectivity index (χ1v) is 6.20. The first kappa shape index (κ1) is 12.3. The highest BCUT2D eigenvalue weighted by Crippen LogP contribution is 2.07. The molecule has 0 unspecified atom stereocenters. The van der Waals surface area contributed by atoms with E-state index in [4.69, 9.17) is 0 Å². The van der Waals surface area contributed by atoms with Gasteiger partial charge in [-0.05, 0) is 12.1 Å². The Morgan fingerprint density at radius 1 is 1.35 bits per heavy atom. The number of pyridine rings is 1. The predicted molar refractivity (Wildman–Crippen MR) is 75.7 cm³/mol. The summed E-state index contributed by atoms with van der Waals surface area (Å²) in [5.74, 6) is 0.769. The van der Waals surface area contributed by atoms with Crippen molar-refractivity contribution in [1.82, 2.24) is 24.3 Å². The average molecular weight is 270 g/mol. The number of hydrogen-bond acceptors (Lipinski definition) is 5. The molecule has 0 spiro atoms. The SMILES string of the molecule is CNc1cccc(Cn2cnc3c(cnn3C)c2=O)n1. The Kier molecular flexibility index (Phi) is 2.94. The van der Waals surface area contributed by atoms with E-state index in [1.54, 1.807) is 17.9 Å². The summed E-state index contributed by atoms with van der Waals surface area (Å²) >= 11 is 0. The molecule has 3 rings (SSSR count). The van der Waals surface area contributed by atoms with E-state index < -0.39 is 0 Å². The lowest BCUT2D eigenvalue weighted by atomic mass is 10.3. The topological polar surface area (TPSA) is 77.6 Å². The van der Waals surface area contributed by atoms with Crippen LogP contribution in [0.1, 0.15) is 5.69 Å². The zero-order valence-corrected chi connectivity index (χ0v) is 11.2. The highest BCUT2D eigenvalue weighted by molar-refractivity contribution is 5.72. The van der Waals surface area contributed by atoms with Gasteiger partial charge < -0.3 is 5.32 Å². The van der Waals surface area contributed by atoms with Gasteiger partial charge >= 0.3 is 0 Å². The summed E-state index contributed by atoms with van der Waals surface area (Å²) in [4.78, 5) is 21.0. The molecule has 3 aromatic rings. The third-order valence-corrected chi connectivity index (χ3v) is 3.11. The second-order valence-electron chi connectivity index (χ2n) is 4.45. The maximum atomic E-state index is 12.3. The number of fused-ring (bicyclic) bond motifs is 1. The summed E-state index contributed by atoms with van der Waals surface area (Å²) in [5, 5.41) is 7.53. The summed E-state index contributed by atoms with van der Waals surface area (Å²) in [6, 6.07) is 5.64. The van der Waals surface area contributed by atoms with Crippen LogP contribution in [0.25, 0.3) is 11.0 Å². The fraction of sp³-hybridized carbons (Fsp3) is 0.231. The van der Waals surface area contributed by atoms with Crippen LogP contribution in [-0.2, 0) is 13.6 Å². The van der Waals surface area contributed by atoms with Crippen molar-refractivity contribution in [3.63, 3.8) is 0 Å². The number of rotatable bonds is 3. The van der Waals surface area contributed by atoms with Gasteiger partial charge in [-0.3, -0.25) is 14.0 Å². The van der Waals surface area contributed by atoms with Crippen LogP contribution in [0.5, 0.6) is 0 Å². The maximum absolute atomic E-state index is 12.3. The fourth-order valence-corrected chi connectivity index (χ4v) is 2.06. The summed E-state index contributed by atoms with van der Waals surface area (Å²) in [5.41, 5.74) is 1.27. The van der Waals surface area contributed by atoms with E-state index >= 15 is 0 Å². The van der Waals surface area contributed by atoms with E-state index in [9.17, 15) is 4.79 Å². The molecule has 102 valence electrons. The van der Waals surface area contributed by atoms with Crippen LogP contribution in [0, 0.1) is 0 Å². The van der Waals surface area contributed by atoms with Crippen LogP contribution in [-0.4, -0.2) is 31.4 Å². The number of aryl methyl sites for hydroxylation is 1. The van der Waals surface area contributed by atoms with Crippen molar-refractivity contribution < 1.29 is 0 Å². The Labute approximate surface area is 114 Å². The molecule has 0 aliphatic carbocycles. The Morgan fingerprint density at radius 2 is 2.20 bits per heavy atom.